The van der Waals surface area contributed by atoms with E-state index in [1.165, 1.54) is 10.5 Å². The number of sulfonamides is 1. The zero-order valence-electron chi connectivity index (χ0n) is 11.9. The van der Waals surface area contributed by atoms with Gasteiger partial charge < -0.3 is 10.1 Å². The maximum atomic E-state index is 12.8. The van der Waals surface area contributed by atoms with E-state index in [1.807, 2.05) is 13.8 Å². The van der Waals surface area contributed by atoms with Crippen molar-refractivity contribution in [1.82, 2.24) is 9.29 Å². The van der Waals surface area contributed by atoms with Crippen molar-refractivity contribution in [3.8, 4) is 0 Å². The number of nitrogens with zero attached hydrogens (tertiary/aromatic N) is 2. The van der Waals surface area contributed by atoms with E-state index in [2.05, 4.69) is 10.3 Å². The summed E-state index contributed by atoms with van der Waals surface area (Å²) in [5, 5.41) is 3.15. The molecular formula is C13H21N3O3S. The molecule has 0 bridgehead atoms. The highest BCUT2D eigenvalue weighted by molar-refractivity contribution is 7.89. The number of ether oxygens (including phenoxy) is 1. The molecule has 7 heteroatoms. The van der Waals surface area contributed by atoms with Crippen LogP contribution in [0.25, 0.3) is 0 Å². The van der Waals surface area contributed by atoms with Crippen LogP contribution >= 0.6 is 0 Å². The Bertz CT molecular complexity index is 548. The number of rotatable bonds is 5. The van der Waals surface area contributed by atoms with Gasteiger partial charge in [0.25, 0.3) is 0 Å². The SMILES string of the molecule is CCCNc1ccncc1S(=O)(=O)N1CCOCC1C. The van der Waals surface area contributed by atoms with E-state index in [4.69, 9.17) is 4.74 Å². The Morgan fingerprint density at radius 2 is 2.35 bits per heavy atom. The molecule has 1 unspecified atom stereocenters. The summed E-state index contributed by atoms with van der Waals surface area (Å²) in [5.74, 6) is 0. The largest absolute Gasteiger partial charge is 0.384 e. The molecule has 20 heavy (non-hydrogen) atoms. The molecular weight excluding hydrogens is 278 g/mol. The third-order valence-corrected chi connectivity index (χ3v) is 5.28. The molecule has 0 saturated carbocycles. The molecule has 1 aromatic heterocycles. The van der Waals surface area contributed by atoms with E-state index in [0.29, 0.717) is 25.4 Å². The lowest BCUT2D eigenvalue weighted by molar-refractivity contribution is 0.0393. The molecule has 1 N–H and O–H groups in total. The smallest absolute Gasteiger partial charge is 0.247 e. The van der Waals surface area contributed by atoms with Gasteiger partial charge in [0, 0.05) is 31.5 Å². The lowest BCUT2D eigenvalue weighted by Gasteiger charge is -2.32. The Labute approximate surface area is 120 Å². The minimum Gasteiger partial charge on any atom is -0.384 e. The average Bonchev–Trinajstić information content (AvgIpc) is 2.45. The van der Waals surface area contributed by atoms with E-state index in [1.54, 1.807) is 12.3 Å². The van der Waals surface area contributed by atoms with Crippen LogP contribution in [-0.4, -0.2) is 50.1 Å². The quantitative estimate of drug-likeness (QED) is 0.887. The van der Waals surface area contributed by atoms with Crippen LogP contribution in [0.4, 0.5) is 5.69 Å². The summed E-state index contributed by atoms with van der Waals surface area (Å²) in [6, 6.07) is 1.54. The van der Waals surface area contributed by atoms with Crippen LogP contribution in [0.1, 0.15) is 20.3 Å². The number of anilines is 1. The number of aromatic nitrogens is 1. The Kier molecular flexibility index (Phi) is 4.95. The number of hydrogen-bond donors (Lipinski definition) is 1. The third kappa shape index (κ3) is 3.11. The highest BCUT2D eigenvalue weighted by Crippen LogP contribution is 2.26. The topological polar surface area (TPSA) is 71.5 Å². The normalized spacial score (nSPS) is 20.8. The Balaban J connectivity index is 2.33. The zero-order valence-corrected chi connectivity index (χ0v) is 12.7. The van der Waals surface area contributed by atoms with Crippen molar-refractivity contribution < 1.29 is 13.2 Å². The highest BCUT2D eigenvalue weighted by atomic mass is 32.2. The van der Waals surface area contributed by atoms with E-state index in [-0.39, 0.29) is 10.9 Å². The van der Waals surface area contributed by atoms with Gasteiger partial charge in [-0.3, -0.25) is 4.98 Å². The van der Waals surface area contributed by atoms with Crippen LogP contribution in [0.2, 0.25) is 0 Å². The van der Waals surface area contributed by atoms with Crippen molar-refractivity contribution >= 4 is 15.7 Å². The summed E-state index contributed by atoms with van der Waals surface area (Å²) in [4.78, 5) is 4.20. The van der Waals surface area contributed by atoms with Gasteiger partial charge in [-0.25, -0.2) is 8.42 Å². The lowest BCUT2D eigenvalue weighted by atomic mass is 10.3. The van der Waals surface area contributed by atoms with Gasteiger partial charge in [-0.2, -0.15) is 4.31 Å². The first kappa shape index (κ1) is 15.2. The third-order valence-electron chi connectivity index (χ3n) is 3.24. The fraction of sp³-hybridized carbons (Fsp3) is 0.615. The second-order valence-electron chi connectivity index (χ2n) is 4.84. The first-order valence-electron chi connectivity index (χ1n) is 6.85. The molecule has 2 rings (SSSR count). The average molecular weight is 299 g/mol. The Morgan fingerprint density at radius 1 is 1.55 bits per heavy atom. The molecule has 0 amide bonds. The monoisotopic (exact) mass is 299 g/mol. The summed E-state index contributed by atoms with van der Waals surface area (Å²) in [7, 11) is -3.54. The van der Waals surface area contributed by atoms with Crippen LogP contribution < -0.4 is 5.32 Å². The Hall–Kier alpha value is -1.18. The first-order chi connectivity index (χ1) is 9.57. The molecule has 0 aromatic carbocycles. The number of nitrogens with one attached hydrogen (secondary N) is 1. The van der Waals surface area contributed by atoms with E-state index in [9.17, 15) is 8.42 Å². The van der Waals surface area contributed by atoms with Gasteiger partial charge >= 0.3 is 0 Å². The van der Waals surface area contributed by atoms with Crippen LogP contribution in [0.3, 0.4) is 0 Å². The van der Waals surface area contributed by atoms with E-state index < -0.39 is 10.0 Å². The Morgan fingerprint density at radius 3 is 3.05 bits per heavy atom. The fourth-order valence-electron chi connectivity index (χ4n) is 2.19. The fourth-order valence-corrected chi connectivity index (χ4v) is 3.90. The summed E-state index contributed by atoms with van der Waals surface area (Å²) in [6.07, 6.45) is 3.94. The van der Waals surface area contributed by atoms with Gasteiger partial charge in [0.15, 0.2) is 0 Å². The summed E-state index contributed by atoms with van der Waals surface area (Å²) < 4.78 is 32.3. The van der Waals surface area contributed by atoms with Crippen LogP contribution in [-0.2, 0) is 14.8 Å². The van der Waals surface area contributed by atoms with Crippen molar-refractivity contribution in [3.05, 3.63) is 18.5 Å². The minimum absolute atomic E-state index is 0.159. The summed E-state index contributed by atoms with van der Waals surface area (Å²) in [5.41, 5.74) is 0.612. The van der Waals surface area contributed by atoms with E-state index >= 15 is 0 Å². The van der Waals surface area contributed by atoms with Gasteiger partial charge in [-0.05, 0) is 19.4 Å². The first-order valence-corrected chi connectivity index (χ1v) is 8.29. The molecule has 1 aliphatic rings. The minimum atomic E-state index is -3.54. The van der Waals surface area contributed by atoms with Crippen molar-refractivity contribution in [2.75, 3.05) is 31.6 Å². The van der Waals surface area contributed by atoms with Crippen molar-refractivity contribution in [2.45, 2.75) is 31.2 Å². The predicted molar refractivity (Wildman–Crippen MR) is 77.2 cm³/mol. The van der Waals surface area contributed by atoms with E-state index in [0.717, 1.165) is 13.0 Å². The molecule has 0 spiro atoms. The van der Waals surface area contributed by atoms with Crippen molar-refractivity contribution in [2.24, 2.45) is 0 Å². The summed E-state index contributed by atoms with van der Waals surface area (Å²) in [6.45, 7) is 5.86. The number of pyridine rings is 1. The van der Waals surface area contributed by atoms with Gasteiger partial charge in [-0.1, -0.05) is 6.92 Å². The second-order valence-corrected chi connectivity index (χ2v) is 6.70. The van der Waals surface area contributed by atoms with Crippen LogP contribution in [0.5, 0.6) is 0 Å². The molecule has 1 aromatic rings. The molecule has 0 aliphatic carbocycles. The predicted octanol–water partition coefficient (Wildman–Crippen LogP) is 1.31. The molecule has 1 saturated heterocycles. The van der Waals surface area contributed by atoms with Gasteiger partial charge in [0.1, 0.15) is 4.90 Å². The summed E-state index contributed by atoms with van der Waals surface area (Å²) >= 11 is 0. The molecule has 6 nitrogen and oxygen atoms in total. The number of morpholine rings is 1. The molecule has 1 fully saturated rings. The molecule has 2 heterocycles. The van der Waals surface area contributed by atoms with Gasteiger partial charge in [0.05, 0.1) is 18.9 Å². The van der Waals surface area contributed by atoms with Crippen molar-refractivity contribution in [3.63, 3.8) is 0 Å². The highest BCUT2D eigenvalue weighted by Gasteiger charge is 2.33. The lowest BCUT2D eigenvalue weighted by Crippen LogP contribution is -2.47. The maximum Gasteiger partial charge on any atom is 0.247 e. The van der Waals surface area contributed by atoms with Crippen molar-refractivity contribution in [1.29, 1.82) is 0 Å². The van der Waals surface area contributed by atoms with Crippen LogP contribution in [0.15, 0.2) is 23.4 Å². The van der Waals surface area contributed by atoms with Gasteiger partial charge in [0.2, 0.25) is 10.0 Å². The number of hydrogen-bond acceptors (Lipinski definition) is 5. The van der Waals surface area contributed by atoms with Gasteiger partial charge in [-0.15, -0.1) is 0 Å². The second kappa shape index (κ2) is 6.51. The maximum absolute atomic E-state index is 12.8. The molecule has 1 aliphatic heterocycles. The molecule has 1 atom stereocenters. The standard InChI is InChI=1S/C13H21N3O3S/c1-3-5-15-12-4-6-14-9-13(12)20(17,18)16-7-8-19-10-11(16)2/h4,6,9,11H,3,5,7-8,10H2,1-2H3,(H,14,15). The molecule has 0 radical (unpaired) electrons. The zero-order chi connectivity index (χ0) is 14.6. The van der Waals surface area contributed by atoms with Crippen LogP contribution in [0, 0.1) is 0 Å². The molecule has 112 valence electrons.